The molecule has 0 aromatic carbocycles. The van der Waals surface area contributed by atoms with Gasteiger partial charge in [-0.2, -0.15) is 5.10 Å². The van der Waals surface area contributed by atoms with E-state index >= 15 is 0 Å². The van der Waals surface area contributed by atoms with Gasteiger partial charge in [0.2, 0.25) is 0 Å². The van der Waals surface area contributed by atoms with Crippen LogP contribution in [0.25, 0.3) is 5.52 Å². The largest absolute Gasteiger partial charge is 0.306 e. The minimum atomic E-state index is 0.364. The zero-order chi connectivity index (χ0) is 15.9. The third-order valence-corrected chi connectivity index (χ3v) is 5.88. The van der Waals surface area contributed by atoms with Crippen LogP contribution in [0.2, 0.25) is 0 Å². The van der Waals surface area contributed by atoms with Crippen LogP contribution in [0.3, 0.4) is 0 Å². The number of piperazine rings is 1. The van der Waals surface area contributed by atoms with E-state index in [1.807, 2.05) is 6.20 Å². The van der Waals surface area contributed by atoms with Crippen molar-refractivity contribution in [3.63, 3.8) is 0 Å². The van der Waals surface area contributed by atoms with Crippen molar-refractivity contribution in [3.8, 4) is 0 Å². The van der Waals surface area contributed by atoms with E-state index in [0.717, 1.165) is 13.1 Å². The molecule has 0 radical (unpaired) electrons. The van der Waals surface area contributed by atoms with Gasteiger partial charge in [-0.25, -0.2) is 4.52 Å². The highest BCUT2D eigenvalue weighted by Gasteiger charge is 2.41. The molecule has 5 heteroatoms. The van der Waals surface area contributed by atoms with Crippen LogP contribution >= 0.6 is 0 Å². The number of aromatic nitrogens is 2. The summed E-state index contributed by atoms with van der Waals surface area (Å²) in [6.45, 7) is 6.91. The Morgan fingerprint density at radius 2 is 1.87 bits per heavy atom. The lowest BCUT2D eigenvalue weighted by molar-refractivity contribution is -0.0262. The number of hydrogen-bond donors (Lipinski definition) is 0. The summed E-state index contributed by atoms with van der Waals surface area (Å²) in [6.07, 6.45) is 4.45. The number of likely N-dealkylation sites (tertiary alicyclic amines) is 1. The molecule has 0 N–H and O–H groups in total. The van der Waals surface area contributed by atoms with Crippen molar-refractivity contribution in [2.45, 2.75) is 24.9 Å². The number of piperidine rings is 1. The summed E-state index contributed by atoms with van der Waals surface area (Å²) in [7, 11) is 4.56. The monoisotopic (exact) mass is 313 g/mol. The molecule has 4 heterocycles. The molecule has 4 rings (SSSR count). The van der Waals surface area contributed by atoms with Crippen LogP contribution in [0.5, 0.6) is 0 Å². The summed E-state index contributed by atoms with van der Waals surface area (Å²) >= 11 is 0. The van der Waals surface area contributed by atoms with Gasteiger partial charge in [-0.15, -0.1) is 0 Å². The minimum absolute atomic E-state index is 0.364. The Kier molecular flexibility index (Phi) is 3.87. The fourth-order valence-corrected chi connectivity index (χ4v) is 4.21. The third kappa shape index (κ3) is 2.77. The van der Waals surface area contributed by atoms with Gasteiger partial charge in [0.25, 0.3) is 0 Å². The summed E-state index contributed by atoms with van der Waals surface area (Å²) in [5.41, 5.74) is 2.84. The van der Waals surface area contributed by atoms with Crippen molar-refractivity contribution in [2.75, 3.05) is 46.8 Å². The van der Waals surface area contributed by atoms with Gasteiger partial charge in [0.15, 0.2) is 0 Å². The van der Waals surface area contributed by atoms with Gasteiger partial charge in [0.05, 0.1) is 11.2 Å². The highest BCUT2D eigenvalue weighted by atomic mass is 15.3. The Balaban J connectivity index is 1.53. The number of hydrogen-bond acceptors (Lipinski definition) is 4. The van der Waals surface area contributed by atoms with E-state index in [1.165, 1.54) is 50.2 Å². The maximum atomic E-state index is 4.49. The van der Waals surface area contributed by atoms with Crippen LogP contribution in [0.1, 0.15) is 18.5 Å². The second-order valence-electron chi connectivity index (χ2n) is 7.34. The molecular formula is C18H27N5. The molecule has 2 aliphatic heterocycles. The van der Waals surface area contributed by atoms with Crippen molar-refractivity contribution in [1.82, 2.24) is 24.3 Å². The van der Waals surface area contributed by atoms with Gasteiger partial charge in [0.1, 0.15) is 0 Å². The molecule has 0 amide bonds. The fraction of sp³-hybridized carbons (Fsp3) is 0.611. The molecule has 0 bridgehead atoms. The summed E-state index contributed by atoms with van der Waals surface area (Å²) < 4.78 is 2.08. The molecule has 2 aliphatic rings. The lowest BCUT2D eigenvalue weighted by Gasteiger charge is -2.52. The Hall–Kier alpha value is -1.43. The highest BCUT2D eigenvalue weighted by Crippen LogP contribution is 2.31. The highest BCUT2D eigenvalue weighted by molar-refractivity contribution is 5.46. The van der Waals surface area contributed by atoms with Crippen LogP contribution in [0.4, 0.5) is 0 Å². The smallest absolute Gasteiger partial charge is 0.0665 e. The predicted molar refractivity (Wildman–Crippen MR) is 92.6 cm³/mol. The van der Waals surface area contributed by atoms with E-state index in [1.54, 1.807) is 0 Å². The standard InChI is InChI=1S/C18H27N5/c1-20-10-7-18(8-11-20)15-22(13-12-21(18)2)14-17-5-3-4-16-6-9-19-23(16)17/h3-6,9H,7-8,10-15H2,1-2H3. The third-order valence-electron chi connectivity index (χ3n) is 5.88. The van der Waals surface area contributed by atoms with Crippen LogP contribution in [-0.4, -0.2) is 76.7 Å². The summed E-state index contributed by atoms with van der Waals surface area (Å²) in [6, 6.07) is 8.55. The molecule has 0 unspecified atom stereocenters. The van der Waals surface area contributed by atoms with Gasteiger partial charge < -0.3 is 4.90 Å². The van der Waals surface area contributed by atoms with E-state index in [0.29, 0.717) is 5.54 Å². The molecule has 5 nitrogen and oxygen atoms in total. The average molecular weight is 313 g/mol. The Morgan fingerprint density at radius 1 is 1.04 bits per heavy atom. The van der Waals surface area contributed by atoms with Crippen molar-refractivity contribution in [1.29, 1.82) is 0 Å². The number of likely N-dealkylation sites (N-methyl/N-ethyl adjacent to an activating group) is 1. The van der Waals surface area contributed by atoms with Crippen molar-refractivity contribution < 1.29 is 0 Å². The fourth-order valence-electron chi connectivity index (χ4n) is 4.21. The second-order valence-corrected chi connectivity index (χ2v) is 7.34. The van der Waals surface area contributed by atoms with Crippen LogP contribution in [0.15, 0.2) is 30.5 Å². The number of fused-ring (bicyclic) bond motifs is 1. The lowest BCUT2D eigenvalue weighted by Crippen LogP contribution is -2.63. The van der Waals surface area contributed by atoms with Gasteiger partial charge in [0, 0.05) is 37.9 Å². The van der Waals surface area contributed by atoms with Crippen molar-refractivity contribution in [3.05, 3.63) is 36.2 Å². The van der Waals surface area contributed by atoms with Crippen molar-refractivity contribution >= 4 is 5.52 Å². The lowest BCUT2D eigenvalue weighted by atomic mass is 9.84. The van der Waals surface area contributed by atoms with Crippen LogP contribution < -0.4 is 0 Å². The molecule has 2 aromatic rings. The molecule has 2 saturated heterocycles. The van der Waals surface area contributed by atoms with Gasteiger partial charge >= 0.3 is 0 Å². The first-order chi connectivity index (χ1) is 11.2. The normalized spacial score (nSPS) is 23.7. The first kappa shape index (κ1) is 15.1. The Labute approximate surface area is 138 Å². The number of pyridine rings is 1. The number of nitrogens with zero attached hydrogens (tertiary/aromatic N) is 5. The first-order valence-electron chi connectivity index (χ1n) is 8.70. The van der Waals surface area contributed by atoms with E-state index in [-0.39, 0.29) is 0 Å². The average Bonchev–Trinajstić information content (AvgIpc) is 3.04. The first-order valence-corrected chi connectivity index (χ1v) is 8.70. The Bertz CT molecular complexity index is 671. The molecule has 2 fully saturated rings. The topological polar surface area (TPSA) is 27.0 Å². The molecule has 1 spiro atoms. The van der Waals surface area contributed by atoms with Gasteiger partial charge in [-0.05, 0) is 58.2 Å². The maximum absolute atomic E-state index is 4.49. The zero-order valence-electron chi connectivity index (χ0n) is 14.3. The van der Waals surface area contributed by atoms with E-state index < -0.39 is 0 Å². The molecule has 23 heavy (non-hydrogen) atoms. The molecule has 2 aromatic heterocycles. The van der Waals surface area contributed by atoms with Crippen LogP contribution in [-0.2, 0) is 6.54 Å². The molecule has 0 aliphatic carbocycles. The molecule has 0 saturated carbocycles. The minimum Gasteiger partial charge on any atom is -0.306 e. The van der Waals surface area contributed by atoms with Gasteiger partial charge in [-0.1, -0.05) is 6.07 Å². The van der Waals surface area contributed by atoms with E-state index in [4.69, 9.17) is 0 Å². The Morgan fingerprint density at radius 3 is 2.70 bits per heavy atom. The quantitative estimate of drug-likeness (QED) is 0.840. The molecule has 0 atom stereocenters. The molecular weight excluding hydrogens is 286 g/mol. The van der Waals surface area contributed by atoms with Gasteiger partial charge in [-0.3, -0.25) is 9.80 Å². The summed E-state index contributed by atoms with van der Waals surface area (Å²) in [4.78, 5) is 7.70. The molecule has 124 valence electrons. The number of rotatable bonds is 2. The van der Waals surface area contributed by atoms with E-state index in [9.17, 15) is 0 Å². The van der Waals surface area contributed by atoms with Crippen molar-refractivity contribution in [2.24, 2.45) is 0 Å². The predicted octanol–water partition coefficient (Wildman–Crippen LogP) is 1.55. The van der Waals surface area contributed by atoms with E-state index in [2.05, 4.69) is 62.7 Å². The SMILES string of the molecule is CN1CCC2(CC1)CN(Cc1cccc3ccnn13)CCN2C. The summed E-state index contributed by atoms with van der Waals surface area (Å²) in [5, 5.41) is 4.49. The zero-order valence-corrected chi connectivity index (χ0v) is 14.3. The second kappa shape index (κ2) is 5.89. The summed E-state index contributed by atoms with van der Waals surface area (Å²) in [5.74, 6) is 0. The maximum Gasteiger partial charge on any atom is 0.0665 e. The van der Waals surface area contributed by atoms with Crippen LogP contribution in [0, 0.1) is 0 Å².